The monoisotopic (exact) mass is 291 g/mol. The second-order valence-corrected chi connectivity index (χ2v) is 5.85. The number of amides is 1. The van der Waals surface area contributed by atoms with Gasteiger partial charge in [-0.25, -0.2) is 0 Å². The number of carboxylic acid groups (broad SMARTS) is 1. The summed E-state index contributed by atoms with van der Waals surface area (Å²) >= 11 is 0. The number of aliphatic carboxylic acids is 1. The molecule has 1 aromatic rings. The summed E-state index contributed by atoms with van der Waals surface area (Å²) in [5.74, 6) is -0.490. The number of ether oxygens (including phenoxy) is 1. The van der Waals surface area contributed by atoms with Crippen molar-refractivity contribution in [3.8, 4) is 5.75 Å². The first kappa shape index (κ1) is 15.4. The third-order valence-corrected chi connectivity index (χ3v) is 3.65. The fraction of sp³-hybridized carbons (Fsp3) is 0.500. The largest absolute Gasteiger partial charge is 0.491 e. The van der Waals surface area contributed by atoms with Gasteiger partial charge in [0.15, 0.2) is 0 Å². The topological polar surface area (TPSA) is 75.6 Å². The van der Waals surface area contributed by atoms with Gasteiger partial charge in [-0.3, -0.25) is 9.59 Å². The highest BCUT2D eigenvalue weighted by Crippen LogP contribution is 2.35. The standard InChI is InChI=1S/C16H21NO4/c1-11(2)21-13-6-3-5-12(9-13)15(20)17-16(7-4-8-16)10-14(18)19/h3,5-6,9,11H,4,7-8,10H2,1-2H3,(H,17,20)(H,18,19). The SMILES string of the molecule is CC(C)Oc1cccc(C(=O)NC2(CC(=O)O)CCC2)c1. The number of carbonyl (C=O) groups is 2. The average Bonchev–Trinajstić information content (AvgIpc) is 2.35. The number of hydrogen-bond acceptors (Lipinski definition) is 3. The number of rotatable bonds is 6. The molecule has 0 saturated heterocycles. The van der Waals surface area contributed by atoms with Crippen molar-refractivity contribution < 1.29 is 19.4 Å². The maximum Gasteiger partial charge on any atom is 0.305 e. The molecule has 0 bridgehead atoms. The third-order valence-electron chi connectivity index (χ3n) is 3.65. The summed E-state index contributed by atoms with van der Waals surface area (Å²) in [6.07, 6.45) is 2.39. The van der Waals surface area contributed by atoms with E-state index in [4.69, 9.17) is 9.84 Å². The van der Waals surface area contributed by atoms with E-state index in [-0.39, 0.29) is 18.4 Å². The fourth-order valence-electron chi connectivity index (χ4n) is 2.53. The summed E-state index contributed by atoms with van der Waals surface area (Å²) < 4.78 is 5.57. The maximum atomic E-state index is 12.3. The number of carboxylic acids is 1. The van der Waals surface area contributed by atoms with Crippen molar-refractivity contribution in [2.24, 2.45) is 0 Å². The molecule has 1 saturated carbocycles. The zero-order valence-corrected chi connectivity index (χ0v) is 12.4. The van der Waals surface area contributed by atoms with Crippen molar-refractivity contribution in [2.75, 3.05) is 0 Å². The van der Waals surface area contributed by atoms with Gasteiger partial charge in [-0.1, -0.05) is 6.07 Å². The molecule has 1 aliphatic carbocycles. The molecule has 0 unspecified atom stereocenters. The van der Waals surface area contributed by atoms with E-state index in [1.807, 2.05) is 13.8 Å². The molecule has 1 aliphatic rings. The molecule has 5 nitrogen and oxygen atoms in total. The van der Waals surface area contributed by atoms with Crippen LogP contribution in [0.4, 0.5) is 0 Å². The minimum atomic E-state index is -0.883. The normalized spacial score (nSPS) is 16.1. The molecule has 0 atom stereocenters. The van der Waals surface area contributed by atoms with Crippen LogP contribution in [-0.4, -0.2) is 28.6 Å². The van der Waals surface area contributed by atoms with Crippen molar-refractivity contribution in [1.29, 1.82) is 0 Å². The second-order valence-electron chi connectivity index (χ2n) is 5.85. The molecule has 0 spiro atoms. The summed E-state index contributed by atoms with van der Waals surface area (Å²) in [6.45, 7) is 3.84. The van der Waals surface area contributed by atoms with Crippen LogP contribution in [0, 0.1) is 0 Å². The van der Waals surface area contributed by atoms with Crippen LogP contribution in [0.1, 0.15) is 49.9 Å². The first-order valence-electron chi connectivity index (χ1n) is 7.21. The van der Waals surface area contributed by atoms with Crippen molar-refractivity contribution in [2.45, 2.75) is 51.2 Å². The Labute approximate surface area is 124 Å². The van der Waals surface area contributed by atoms with Gasteiger partial charge in [0.05, 0.1) is 18.1 Å². The summed E-state index contributed by atoms with van der Waals surface area (Å²) in [5, 5.41) is 11.9. The lowest BCUT2D eigenvalue weighted by atomic mass is 9.74. The minimum Gasteiger partial charge on any atom is -0.491 e. The van der Waals surface area contributed by atoms with Crippen LogP contribution in [0.3, 0.4) is 0 Å². The predicted molar refractivity (Wildman–Crippen MR) is 78.5 cm³/mol. The summed E-state index contributed by atoms with van der Waals surface area (Å²) in [5.41, 5.74) is -0.0949. The summed E-state index contributed by atoms with van der Waals surface area (Å²) in [6, 6.07) is 6.95. The van der Waals surface area contributed by atoms with E-state index in [9.17, 15) is 9.59 Å². The molecule has 0 aliphatic heterocycles. The molecular weight excluding hydrogens is 270 g/mol. The van der Waals surface area contributed by atoms with Crippen molar-refractivity contribution >= 4 is 11.9 Å². The van der Waals surface area contributed by atoms with E-state index >= 15 is 0 Å². The highest BCUT2D eigenvalue weighted by molar-refractivity contribution is 5.95. The number of benzene rings is 1. The van der Waals surface area contributed by atoms with Crippen LogP contribution in [0.2, 0.25) is 0 Å². The molecule has 1 amide bonds. The Hall–Kier alpha value is -2.04. The molecule has 2 rings (SSSR count). The van der Waals surface area contributed by atoms with Crippen LogP contribution >= 0.6 is 0 Å². The van der Waals surface area contributed by atoms with Crippen LogP contribution in [-0.2, 0) is 4.79 Å². The van der Waals surface area contributed by atoms with Crippen molar-refractivity contribution in [3.05, 3.63) is 29.8 Å². The van der Waals surface area contributed by atoms with Crippen molar-refractivity contribution in [1.82, 2.24) is 5.32 Å². The van der Waals surface area contributed by atoms with Gasteiger partial charge >= 0.3 is 5.97 Å². The van der Waals surface area contributed by atoms with E-state index in [1.165, 1.54) is 0 Å². The Morgan fingerprint density at radius 2 is 2.10 bits per heavy atom. The van der Waals surface area contributed by atoms with E-state index in [0.717, 1.165) is 6.42 Å². The average molecular weight is 291 g/mol. The molecule has 1 aromatic carbocycles. The van der Waals surface area contributed by atoms with Gasteiger partial charge in [0, 0.05) is 5.56 Å². The molecule has 0 heterocycles. The van der Waals surface area contributed by atoms with Gasteiger partial charge in [-0.2, -0.15) is 0 Å². The van der Waals surface area contributed by atoms with Crippen LogP contribution in [0.15, 0.2) is 24.3 Å². The first-order valence-corrected chi connectivity index (χ1v) is 7.21. The van der Waals surface area contributed by atoms with Crippen LogP contribution in [0.25, 0.3) is 0 Å². The van der Waals surface area contributed by atoms with Crippen LogP contribution in [0.5, 0.6) is 5.75 Å². The molecule has 0 aromatic heterocycles. The fourth-order valence-corrected chi connectivity index (χ4v) is 2.53. The van der Waals surface area contributed by atoms with Crippen LogP contribution < -0.4 is 10.1 Å². The van der Waals surface area contributed by atoms with E-state index < -0.39 is 11.5 Å². The highest BCUT2D eigenvalue weighted by Gasteiger charge is 2.40. The number of carbonyl (C=O) groups excluding carboxylic acids is 1. The number of hydrogen-bond donors (Lipinski definition) is 2. The molecule has 114 valence electrons. The Balaban J connectivity index is 2.07. The molecule has 21 heavy (non-hydrogen) atoms. The molecule has 0 radical (unpaired) electrons. The summed E-state index contributed by atoms with van der Waals surface area (Å²) in [4.78, 5) is 23.2. The van der Waals surface area contributed by atoms with Gasteiger partial charge in [-0.15, -0.1) is 0 Å². The quantitative estimate of drug-likeness (QED) is 0.844. The Bertz CT molecular complexity index is 535. The Morgan fingerprint density at radius 1 is 1.38 bits per heavy atom. The van der Waals surface area contributed by atoms with Gasteiger partial charge in [0.25, 0.3) is 5.91 Å². The zero-order valence-electron chi connectivity index (χ0n) is 12.4. The van der Waals surface area contributed by atoms with E-state index in [1.54, 1.807) is 24.3 Å². The van der Waals surface area contributed by atoms with Gasteiger partial charge in [0.2, 0.25) is 0 Å². The first-order chi connectivity index (χ1) is 9.90. The second kappa shape index (κ2) is 6.16. The molecule has 1 fully saturated rings. The van der Waals surface area contributed by atoms with Gasteiger partial charge in [0.1, 0.15) is 5.75 Å². The van der Waals surface area contributed by atoms with Gasteiger partial charge in [-0.05, 0) is 51.3 Å². The highest BCUT2D eigenvalue weighted by atomic mass is 16.5. The maximum absolute atomic E-state index is 12.3. The lowest BCUT2D eigenvalue weighted by Gasteiger charge is -2.41. The molecule has 2 N–H and O–H groups in total. The van der Waals surface area contributed by atoms with E-state index in [0.29, 0.717) is 24.2 Å². The lowest BCUT2D eigenvalue weighted by Crippen LogP contribution is -2.54. The zero-order chi connectivity index (χ0) is 15.5. The Kier molecular flexibility index (Phi) is 4.50. The smallest absolute Gasteiger partial charge is 0.305 e. The molecular formula is C16H21NO4. The lowest BCUT2D eigenvalue weighted by molar-refractivity contribution is -0.139. The minimum absolute atomic E-state index is 0.0269. The summed E-state index contributed by atoms with van der Waals surface area (Å²) in [7, 11) is 0. The molecule has 5 heteroatoms. The van der Waals surface area contributed by atoms with Gasteiger partial charge < -0.3 is 15.2 Å². The predicted octanol–water partition coefficient (Wildman–Crippen LogP) is 2.60. The van der Waals surface area contributed by atoms with Crippen molar-refractivity contribution in [3.63, 3.8) is 0 Å². The Morgan fingerprint density at radius 3 is 2.62 bits per heavy atom. The third kappa shape index (κ3) is 3.97. The number of nitrogens with one attached hydrogen (secondary N) is 1. The van der Waals surface area contributed by atoms with E-state index in [2.05, 4.69) is 5.32 Å².